The molecule has 2 unspecified atom stereocenters. The van der Waals surface area contributed by atoms with Crippen molar-refractivity contribution in [2.75, 3.05) is 7.05 Å². The van der Waals surface area contributed by atoms with Crippen molar-refractivity contribution in [3.05, 3.63) is 41.7 Å². The number of fused-ring (bicyclic) bond motifs is 5. The lowest BCUT2D eigenvalue weighted by atomic mass is 9.47. The predicted octanol–water partition coefficient (Wildman–Crippen LogP) is 4.01. The molecule has 4 aliphatic rings. The molecule has 5 rings (SSSR count). The monoisotopic (exact) mass is 380 g/mol. The smallest absolute Gasteiger partial charge is 0.246 e. The number of hydrogen-bond acceptors (Lipinski definition) is 2. The maximum absolute atomic E-state index is 12.5. The normalized spacial score (nSPS) is 46.4. The van der Waals surface area contributed by atoms with Crippen LogP contribution in [-0.2, 0) is 4.79 Å². The number of aromatic amines is 1. The third kappa shape index (κ3) is 2.36. The highest BCUT2D eigenvalue weighted by Crippen LogP contribution is 2.64. The van der Waals surface area contributed by atoms with E-state index in [1.165, 1.54) is 5.57 Å². The van der Waals surface area contributed by atoms with Gasteiger partial charge in [-0.2, -0.15) is 0 Å². The Morgan fingerprint density at radius 1 is 1.25 bits per heavy atom. The number of likely N-dealkylation sites (N-methyl/N-ethyl adjacent to an activating group) is 1. The minimum absolute atomic E-state index is 0.0428. The van der Waals surface area contributed by atoms with Gasteiger partial charge in [-0.25, -0.2) is 0 Å². The number of aromatic nitrogens is 1. The molecule has 4 heteroatoms. The molecule has 3 saturated carbocycles. The first-order valence-corrected chi connectivity index (χ1v) is 10.8. The van der Waals surface area contributed by atoms with Crippen molar-refractivity contribution < 1.29 is 9.90 Å². The van der Waals surface area contributed by atoms with Crippen LogP contribution in [0, 0.1) is 28.6 Å². The van der Waals surface area contributed by atoms with Gasteiger partial charge in [-0.1, -0.05) is 19.9 Å². The number of nitrogens with zero attached hydrogens (tertiary/aromatic N) is 1. The van der Waals surface area contributed by atoms with E-state index in [2.05, 4.69) is 37.0 Å². The summed E-state index contributed by atoms with van der Waals surface area (Å²) >= 11 is 0. The van der Waals surface area contributed by atoms with Crippen LogP contribution >= 0.6 is 0 Å². The van der Waals surface area contributed by atoms with Gasteiger partial charge in [0.15, 0.2) is 0 Å². The fourth-order valence-corrected chi connectivity index (χ4v) is 7.45. The zero-order valence-electron chi connectivity index (χ0n) is 17.2. The minimum Gasteiger partial charge on any atom is -0.393 e. The molecule has 28 heavy (non-hydrogen) atoms. The van der Waals surface area contributed by atoms with Crippen molar-refractivity contribution in [2.24, 2.45) is 28.6 Å². The van der Waals surface area contributed by atoms with Gasteiger partial charge in [-0.05, 0) is 85.1 Å². The fraction of sp³-hybridized carbons (Fsp3) is 0.625. The van der Waals surface area contributed by atoms with E-state index < -0.39 is 0 Å². The Bertz CT molecular complexity index is 841. The number of H-pyrrole nitrogens is 1. The van der Waals surface area contributed by atoms with Crippen LogP contribution in [-0.4, -0.2) is 40.1 Å². The summed E-state index contributed by atoms with van der Waals surface area (Å²) in [7, 11) is 1.96. The van der Waals surface area contributed by atoms with E-state index in [0.29, 0.717) is 17.8 Å². The Labute approximate surface area is 167 Å². The van der Waals surface area contributed by atoms with Gasteiger partial charge in [0.05, 0.1) is 12.1 Å². The Hall–Kier alpha value is -1.81. The van der Waals surface area contributed by atoms with Crippen LogP contribution in [0.1, 0.15) is 51.6 Å². The lowest BCUT2D eigenvalue weighted by Crippen LogP contribution is -2.60. The van der Waals surface area contributed by atoms with Crippen molar-refractivity contribution in [2.45, 2.75) is 58.1 Å². The second-order valence-corrected chi connectivity index (χ2v) is 10.1. The Kier molecular flexibility index (Phi) is 3.97. The van der Waals surface area contributed by atoms with Crippen molar-refractivity contribution in [1.82, 2.24) is 9.88 Å². The lowest BCUT2D eigenvalue weighted by molar-refractivity contribution is -0.135. The number of nitrogens with one attached hydrogen (secondary N) is 1. The van der Waals surface area contributed by atoms with E-state index in [1.807, 2.05) is 24.2 Å². The molecule has 0 saturated heterocycles. The van der Waals surface area contributed by atoms with Gasteiger partial charge in [0.25, 0.3) is 0 Å². The number of amides is 1. The highest BCUT2D eigenvalue weighted by molar-refractivity contribution is 5.89. The van der Waals surface area contributed by atoms with Crippen molar-refractivity contribution in [3.8, 4) is 0 Å². The maximum Gasteiger partial charge on any atom is 0.246 e. The molecule has 0 radical (unpaired) electrons. The summed E-state index contributed by atoms with van der Waals surface area (Å²) < 4.78 is 0. The molecule has 2 N–H and O–H groups in total. The molecule has 0 spiro atoms. The third-order valence-corrected chi connectivity index (χ3v) is 8.88. The zero-order chi connectivity index (χ0) is 19.7. The number of carbonyl (C=O) groups excluding carboxylic acids is 1. The van der Waals surface area contributed by atoms with E-state index in [-0.39, 0.29) is 28.9 Å². The number of aliphatic hydroxyl groups excluding tert-OH is 1. The van der Waals surface area contributed by atoms with Gasteiger partial charge in [0.1, 0.15) is 0 Å². The van der Waals surface area contributed by atoms with E-state index in [1.54, 1.807) is 6.08 Å². The lowest BCUT2D eigenvalue weighted by Gasteiger charge is -2.60. The third-order valence-electron chi connectivity index (χ3n) is 8.88. The highest BCUT2D eigenvalue weighted by atomic mass is 16.3. The second kappa shape index (κ2) is 6.09. The summed E-state index contributed by atoms with van der Waals surface area (Å²) in [5.74, 6) is 1.82. The summed E-state index contributed by atoms with van der Waals surface area (Å²) in [6.45, 7) is 4.69. The first-order valence-electron chi connectivity index (χ1n) is 10.8. The molecular weight excluding hydrogens is 348 g/mol. The van der Waals surface area contributed by atoms with Crippen LogP contribution in [0.25, 0.3) is 6.08 Å². The summed E-state index contributed by atoms with van der Waals surface area (Å²) in [4.78, 5) is 17.8. The van der Waals surface area contributed by atoms with Gasteiger partial charge in [0, 0.05) is 24.4 Å². The Morgan fingerprint density at radius 3 is 2.82 bits per heavy atom. The number of carbonyl (C=O) groups is 1. The zero-order valence-corrected chi connectivity index (χ0v) is 17.2. The Balaban J connectivity index is 1.62. The average Bonchev–Trinajstić information content (AvgIpc) is 3.27. The van der Waals surface area contributed by atoms with Crippen molar-refractivity contribution in [3.63, 3.8) is 0 Å². The van der Waals surface area contributed by atoms with Crippen molar-refractivity contribution in [1.29, 1.82) is 0 Å². The molecule has 0 aromatic carbocycles. The Morgan fingerprint density at radius 2 is 2.07 bits per heavy atom. The molecule has 1 amide bonds. The topological polar surface area (TPSA) is 56.3 Å². The number of rotatable bonds is 1. The summed E-state index contributed by atoms with van der Waals surface area (Å²) in [5.41, 5.74) is 2.48. The summed E-state index contributed by atoms with van der Waals surface area (Å²) in [6.07, 6.45) is 13.4. The molecule has 1 aromatic heterocycles. The molecule has 3 fully saturated rings. The molecule has 7 atom stereocenters. The molecule has 0 bridgehead atoms. The van der Waals surface area contributed by atoms with Crippen LogP contribution < -0.4 is 0 Å². The molecule has 150 valence electrons. The first kappa shape index (κ1) is 18.2. The van der Waals surface area contributed by atoms with E-state index in [9.17, 15) is 9.90 Å². The van der Waals surface area contributed by atoms with Crippen LogP contribution in [0.15, 0.2) is 36.1 Å². The van der Waals surface area contributed by atoms with E-state index in [4.69, 9.17) is 0 Å². The molecule has 2 heterocycles. The predicted molar refractivity (Wildman–Crippen MR) is 110 cm³/mol. The average molecular weight is 381 g/mol. The summed E-state index contributed by atoms with van der Waals surface area (Å²) in [6, 6.07) is 4.24. The summed E-state index contributed by atoms with van der Waals surface area (Å²) in [5, 5.41) is 10.7. The van der Waals surface area contributed by atoms with Crippen LogP contribution in [0.5, 0.6) is 0 Å². The molecule has 4 nitrogen and oxygen atoms in total. The quantitative estimate of drug-likeness (QED) is 0.773. The molecule has 1 aromatic rings. The standard InChI is InChI=1S/C24H32N2O2/c1-23-10-8-19-17(18(23)6-7-20(23)27)14-15(13-16-5-4-12-25-16)22-24(19,2)11-9-21(28)26(22)3/h4-5,9,11-13,17-20,22,25,27H,6-8,10,14H2,1-3H3/t17-,18-,19+,20?,22?,23-,24+/m0/s1. The van der Waals surface area contributed by atoms with Crippen molar-refractivity contribution >= 4 is 12.0 Å². The van der Waals surface area contributed by atoms with Crippen LogP contribution in [0.3, 0.4) is 0 Å². The fourth-order valence-electron chi connectivity index (χ4n) is 7.45. The first-order chi connectivity index (χ1) is 13.3. The van der Waals surface area contributed by atoms with Crippen LogP contribution in [0.4, 0.5) is 0 Å². The van der Waals surface area contributed by atoms with E-state index in [0.717, 1.165) is 37.8 Å². The number of aliphatic hydroxyl groups is 1. The maximum atomic E-state index is 12.5. The second-order valence-electron chi connectivity index (χ2n) is 10.1. The number of hydrogen-bond donors (Lipinski definition) is 2. The van der Waals surface area contributed by atoms with Gasteiger partial charge in [0.2, 0.25) is 5.91 Å². The van der Waals surface area contributed by atoms with Gasteiger partial charge in [-0.15, -0.1) is 0 Å². The minimum atomic E-state index is -0.161. The highest BCUT2D eigenvalue weighted by Gasteiger charge is 2.61. The largest absolute Gasteiger partial charge is 0.393 e. The van der Waals surface area contributed by atoms with Crippen LogP contribution in [0.2, 0.25) is 0 Å². The van der Waals surface area contributed by atoms with E-state index >= 15 is 0 Å². The van der Waals surface area contributed by atoms with Gasteiger partial charge >= 0.3 is 0 Å². The van der Waals surface area contributed by atoms with Gasteiger partial charge < -0.3 is 15.0 Å². The molecule has 1 aliphatic heterocycles. The molecular formula is C24H32N2O2. The molecule has 3 aliphatic carbocycles. The SMILES string of the molecule is CN1C(=O)C=C[C@@]2(C)C1C(=Cc1ccc[nH]1)C[C@@H]1[C@H]2CC[C@]2(C)C(O)CC[C@@H]12. The van der Waals surface area contributed by atoms with Gasteiger partial charge in [-0.3, -0.25) is 4.79 Å².